The van der Waals surface area contributed by atoms with E-state index in [0.29, 0.717) is 4.90 Å². The zero-order chi connectivity index (χ0) is 17.5. The Labute approximate surface area is 143 Å². The Bertz CT molecular complexity index is 937. The minimum absolute atomic E-state index is 0.0637. The molecule has 2 atom stereocenters. The number of H-pyrrole nitrogens is 1. The van der Waals surface area contributed by atoms with Crippen LogP contribution in [0.15, 0.2) is 47.5 Å². The van der Waals surface area contributed by atoms with E-state index >= 15 is 0 Å². The third-order valence-corrected chi connectivity index (χ3v) is 6.13. The Morgan fingerprint density at radius 1 is 1.33 bits per heavy atom. The minimum atomic E-state index is -3.39. The molecule has 0 saturated carbocycles. The summed E-state index contributed by atoms with van der Waals surface area (Å²) in [5.41, 5.74) is 1.86. The molecule has 0 amide bonds. The Balaban J connectivity index is 2.38. The van der Waals surface area contributed by atoms with Crippen LogP contribution in [0.1, 0.15) is 24.5 Å². The van der Waals surface area contributed by atoms with E-state index in [1.165, 1.54) is 6.26 Å². The summed E-state index contributed by atoms with van der Waals surface area (Å²) in [5, 5.41) is 0.905. The zero-order valence-corrected chi connectivity index (χ0v) is 15.3. The second-order valence-electron chi connectivity index (χ2n) is 6.57. The molecular weight excluding hydrogens is 322 g/mol. The fourth-order valence-electron chi connectivity index (χ4n) is 3.61. The number of benzene rings is 1. The smallest absolute Gasteiger partial charge is 0.175 e. The molecular formula is C19H23NO3S. The number of aryl methyl sites for hydroxylation is 1. The molecule has 1 N–H and O–H groups in total. The Hall–Kier alpha value is -1.85. The molecule has 1 aromatic carbocycles. The molecule has 1 heterocycles. The van der Waals surface area contributed by atoms with Crippen LogP contribution >= 0.6 is 0 Å². The topological polar surface area (TPSA) is 59.2 Å². The van der Waals surface area contributed by atoms with E-state index in [0.717, 1.165) is 28.5 Å². The molecule has 3 rings (SSSR count). The number of methoxy groups -OCH3 is 1. The molecule has 1 aliphatic rings. The molecule has 24 heavy (non-hydrogen) atoms. The van der Waals surface area contributed by atoms with Gasteiger partial charge in [0.25, 0.3) is 0 Å². The third-order valence-electron chi connectivity index (χ3n) is 5.01. The SMILES string of the molecule is COC(C)(c1c(S(C)(=O)=O)cc(C)c2[nH]ccc12)C1C=CC=CC1. The van der Waals surface area contributed by atoms with Gasteiger partial charge in [-0.25, -0.2) is 8.42 Å². The van der Waals surface area contributed by atoms with Gasteiger partial charge in [-0.3, -0.25) is 0 Å². The van der Waals surface area contributed by atoms with Crippen LogP contribution < -0.4 is 0 Å². The van der Waals surface area contributed by atoms with E-state index in [1.54, 1.807) is 13.2 Å². The van der Waals surface area contributed by atoms with E-state index < -0.39 is 15.4 Å². The lowest BCUT2D eigenvalue weighted by Crippen LogP contribution is -2.35. The first-order chi connectivity index (χ1) is 11.3. The maximum Gasteiger partial charge on any atom is 0.175 e. The Kier molecular flexibility index (Phi) is 4.18. The van der Waals surface area contributed by atoms with Crippen LogP contribution in [-0.2, 0) is 20.2 Å². The lowest BCUT2D eigenvalue weighted by Gasteiger charge is -2.37. The first kappa shape index (κ1) is 17.0. The molecule has 0 spiro atoms. The van der Waals surface area contributed by atoms with Gasteiger partial charge in [-0.1, -0.05) is 24.3 Å². The van der Waals surface area contributed by atoms with Crippen LogP contribution in [0.2, 0.25) is 0 Å². The van der Waals surface area contributed by atoms with Crippen LogP contribution in [-0.4, -0.2) is 26.8 Å². The summed E-state index contributed by atoms with van der Waals surface area (Å²) in [6.45, 7) is 3.90. The van der Waals surface area contributed by atoms with Gasteiger partial charge in [0.2, 0.25) is 0 Å². The van der Waals surface area contributed by atoms with Crippen molar-refractivity contribution in [1.29, 1.82) is 0 Å². The van der Waals surface area contributed by atoms with Crippen LogP contribution in [0, 0.1) is 12.8 Å². The molecule has 0 bridgehead atoms. The number of ether oxygens (including phenoxy) is 1. The van der Waals surface area contributed by atoms with Crippen molar-refractivity contribution in [3.63, 3.8) is 0 Å². The molecule has 0 fully saturated rings. The molecule has 1 aromatic heterocycles. The standard InChI is InChI=1S/C19H23NO3S/c1-13-12-16(24(4,21)22)17(15-10-11-20-18(13)15)19(2,23-3)14-8-6-5-7-9-14/h5-8,10-12,14,20H,9H2,1-4H3. The highest BCUT2D eigenvalue weighted by Crippen LogP contribution is 2.44. The number of allylic oxidation sites excluding steroid dienone is 3. The molecule has 0 saturated heterocycles. The van der Waals surface area contributed by atoms with Gasteiger partial charge >= 0.3 is 0 Å². The van der Waals surface area contributed by atoms with E-state index in [2.05, 4.69) is 17.1 Å². The third kappa shape index (κ3) is 2.62. The van der Waals surface area contributed by atoms with Crippen molar-refractivity contribution in [2.24, 2.45) is 5.92 Å². The number of rotatable bonds is 4. The van der Waals surface area contributed by atoms with Crippen LogP contribution in [0.4, 0.5) is 0 Å². The minimum Gasteiger partial charge on any atom is -0.373 e. The second-order valence-corrected chi connectivity index (χ2v) is 8.56. The molecule has 0 radical (unpaired) electrons. The normalized spacial score (nSPS) is 20.4. The second kappa shape index (κ2) is 5.90. The van der Waals surface area contributed by atoms with Crippen LogP contribution in [0.3, 0.4) is 0 Å². The van der Waals surface area contributed by atoms with Crippen LogP contribution in [0.5, 0.6) is 0 Å². The summed E-state index contributed by atoms with van der Waals surface area (Å²) in [5.74, 6) is 0.0637. The maximum atomic E-state index is 12.5. The predicted octanol–water partition coefficient (Wildman–Crippen LogP) is 3.87. The molecule has 128 valence electrons. The molecule has 0 aliphatic heterocycles. The average molecular weight is 345 g/mol. The van der Waals surface area contributed by atoms with Gasteiger partial charge in [0.1, 0.15) is 0 Å². The Morgan fingerprint density at radius 2 is 2.08 bits per heavy atom. The number of aromatic nitrogens is 1. The van der Waals surface area contributed by atoms with Gasteiger partial charge in [0, 0.05) is 41.9 Å². The summed E-state index contributed by atoms with van der Waals surface area (Å²) < 4.78 is 31.0. The first-order valence-corrected chi connectivity index (χ1v) is 9.88. The highest BCUT2D eigenvalue weighted by Gasteiger charge is 2.40. The largest absolute Gasteiger partial charge is 0.373 e. The van der Waals surface area contributed by atoms with E-state index in [1.807, 2.05) is 38.3 Å². The summed E-state index contributed by atoms with van der Waals surface area (Å²) in [4.78, 5) is 3.57. The number of hydrogen-bond acceptors (Lipinski definition) is 3. The van der Waals surface area contributed by atoms with Gasteiger partial charge in [-0.2, -0.15) is 0 Å². The highest BCUT2D eigenvalue weighted by atomic mass is 32.2. The van der Waals surface area contributed by atoms with E-state index in [4.69, 9.17) is 4.74 Å². The van der Waals surface area contributed by atoms with Crippen molar-refractivity contribution in [3.05, 3.63) is 53.8 Å². The average Bonchev–Trinajstić information content (AvgIpc) is 3.04. The zero-order valence-electron chi connectivity index (χ0n) is 14.5. The first-order valence-electron chi connectivity index (χ1n) is 7.98. The van der Waals surface area contributed by atoms with Crippen LogP contribution in [0.25, 0.3) is 10.9 Å². The highest BCUT2D eigenvalue weighted by molar-refractivity contribution is 7.90. The lowest BCUT2D eigenvalue weighted by atomic mass is 9.77. The number of nitrogens with one attached hydrogen (secondary N) is 1. The van der Waals surface area contributed by atoms with Crippen molar-refractivity contribution in [1.82, 2.24) is 4.98 Å². The predicted molar refractivity (Wildman–Crippen MR) is 96.9 cm³/mol. The van der Waals surface area contributed by atoms with Crippen molar-refractivity contribution >= 4 is 20.7 Å². The quantitative estimate of drug-likeness (QED) is 0.915. The summed E-state index contributed by atoms with van der Waals surface area (Å²) in [6.07, 6.45) is 12.1. The summed E-state index contributed by atoms with van der Waals surface area (Å²) >= 11 is 0. The van der Waals surface area contributed by atoms with Gasteiger partial charge in [0.15, 0.2) is 9.84 Å². The molecule has 5 heteroatoms. The van der Waals surface area contributed by atoms with Crippen molar-refractivity contribution in [2.45, 2.75) is 30.8 Å². The maximum absolute atomic E-state index is 12.5. The fraction of sp³-hybridized carbons (Fsp3) is 0.368. The number of fused-ring (bicyclic) bond motifs is 1. The lowest BCUT2D eigenvalue weighted by molar-refractivity contribution is -0.0340. The molecule has 4 nitrogen and oxygen atoms in total. The van der Waals surface area contributed by atoms with Gasteiger partial charge < -0.3 is 9.72 Å². The van der Waals surface area contributed by atoms with Gasteiger partial charge in [-0.05, 0) is 38.0 Å². The van der Waals surface area contributed by atoms with E-state index in [9.17, 15) is 8.42 Å². The molecule has 2 unspecified atom stereocenters. The van der Waals surface area contributed by atoms with E-state index in [-0.39, 0.29) is 5.92 Å². The monoisotopic (exact) mass is 345 g/mol. The fourth-order valence-corrected chi connectivity index (χ4v) is 4.68. The number of sulfone groups is 1. The number of aromatic amines is 1. The van der Waals surface area contributed by atoms with Gasteiger partial charge in [0.05, 0.1) is 10.5 Å². The summed E-state index contributed by atoms with van der Waals surface area (Å²) in [7, 11) is -1.74. The van der Waals surface area contributed by atoms with Crippen molar-refractivity contribution in [2.75, 3.05) is 13.4 Å². The number of hydrogen-bond donors (Lipinski definition) is 1. The van der Waals surface area contributed by atoms with Crippen molar-refractivity contribution in [3.8, 4) is 0 Å². The van der Waals surface area contributed by atoms with Gasteiger partial charge in [-0.15, -0.1) is 0 Å². The Morgan fingerprint density at radius 3 is 2.67 bits per heavy atom. The summed E-state index contributed by atoms with van der Waals surface area (Å²) in [6, 6.07) is 3.69. The van der Waals surface area contributed by atoms with Crippen molar-refractivity contribution < 1.29 is 13.2 Å². The molecule has 1 aliphatic carbocycles. The molecule has 2 aromatic rings.